The molecule has 2 rings (SSSR count). The number of sulfone groups is 1. The predicted molar refractivity (Wildman–Crippen MR) is 54.9 cm³/mol. The van der Waals surface area contributed by atoms with Crippen LogP contribution in [0.2, 0.25) is 0 Å². The maximum atomic E-state index is 11.2. The summed E-state index contributed by atoms with van der Waals surface area (Å²) in [5.41, 5.74) is 0. The van der Waals surface area contributed by atoms with Crippen molar-refractivity contribution in [2.45, 2.75) is 6.17 Å². The Morgan fingerprint density at radius 1 is 1.14 bits per heavy atom. The molecule has 82 valence electrons. The normalized spacial score (nSPS) is 34.1. The van der Waals surface area contributed by atoms with Gasteiger partial charge in [-0.15, -0.1) is 0 Å². The van der Waals surface area contributed by atoms with Crippen LogP contribution in [0.15, 0.2) is 0 Å². The Morgan fingerprint density at radius 2 is 1.86 bits per heavy atom. The van der Waals surface area contributed by atoms with Crippen molar-refractivity contribution < 1.29 is 8.42 Å². The molecular formula is C8H17N3O2S. The minimum Gasteiger partial charge on any atom is -0.313 e. The predicted octanol–water partition coefficient (Wildman–Crippen LogP) is -1.76. The molecule has 0 bridgehead atoms. The summed E-state index contributed by atoms with van der Waals surface area (Å²) >= 11 is 0. The van der Waals surface area contributed by atoms with E-state index >= 15 is 0 Å². The number of hydrogen-bond acceptors (Lipinski definition) is 5. The van der Waals surface area contributed by atoms with Gasteiger partial charge in [0.1, 0.15) is 0 Å². The second kappa shape index (κ2) is 4.14. The minimum atomic E-state index is -2.74. The molecule has 1 atom stereocenters. The number of nitrogens with zero attached hydrogens (tertiary/aromatic N) is 1. The molecule has 2 N–H and O–H groups in total. The summed E-state index contributed by atoms with van der Waals surface area (Å²) in [7, 11) is -2.74. The van der Waals surface area contributed by atoms with E-state index in [0.717, 1.165) is 19.6 Å². The molecule has 0 amide bonds. The molecule has 5 nitrogen and oxygen atoms in total. The molecule has 1 unspecified atom stereocenters. The van der Waals surface area contributed by atoms with Crippen molar-refractivity contribution in [1.29, 1.82) is 0 Å². The van der Waals surface area contributed by atoms with Crippen molar-refractivity contribution in [3.63, 3.8) is 0 Å². The van der Waals surface area contributed by atoms with Gasteiger partial charge >= 0.3 is 0 Å². The van der Waals surface area contributed by atoms with Gasteiger partial charge in [0.25, 0.3) is 0 Å². The standard InChI is InChI=1S/C8H17N3O2S/c12-14(13)5-3-11(4-6-14)8-7-9-1-2-10-8/h8-10H,1-7H2. The van der Waals surface area contributed by atoms with Gasteiger partial charge < -0.3 is 5.32 Å². The van der Waals surface area contributed by atoms with E-state index in [2.05, 4.69) is 15.5 Å². The SMILES string of the molecule is O=S1(=O)CCN(C2CNCCN2)CC1. The van der Waals surface area contributed by atoms with Gasteiger partial charge in [0.2, 0.25) is 0 Å². The zero-order valence-corrected chi connectivity index (χ0v) is 9.02. The molecule has 14 heavy (non-hydrogen) atoms. The Morgan fingerprint density at radius 3 is 2.43 bits per heavy atom. The molecule has 2 fully saturated rings. The maximum absolute atomic E-state index is 11.2. The third-order valence-corrected chi connectivity index (χ3v) is 4.45. The molecule has 0 aromatic carbocycles. The molecule has 0 aromatic heterocycles. The lowest BCUT2D eigenvalue weighted by Gasteiger charge is -2.37. The van der Waals surface area contributed by atoms with Crippen molar-refractivity contribution in [2.24, 2.45) is 0 Å². The lowest BCUT2D eigenvalue weighted by molar-refractivity contribution is 0.159. The summed E-state index contributed by atoms with van der Waals surface area (Å²) in [6.45, 7) is 4.22. The summed E-state index contributed by atoms with van der Waals surface area (Å²) in [5, 5.41) is 6.68. The largest absolute Gasteiger partial charge is 0.313 e. The molecule has 6 heteroatoms. The summed E-state index contributed by atoms with van der Waals surface area (Å²) in [5.74, 6) is 0.621. The molecule has 2 aliphatic heterocycles. The first kappa shape index (κ1) is 10.4. The van der Waals surface area contributed by atoms with E-state index in [1.165, 1.54) is 0 Å². The van der Waals surface area contributed by atoms with E-state index in [9.17, 15) is 8.42 Å². The summed E-state index contributed by atoms with van der Waals surface area (Å²) in [6.07, 6.45) is 0.319. The van der Waals surface area contributed by atoms with Crippen LogP contribution < -0.4 is 10.6 Å². The molecule has 2 heterocycles. The number of rotatable bonds is 1. The second-order valence-corrected chi connectivity index (χ2v) is 6.17. The zero-order chi connectivity index (χ0) is 10.0. The van der Waals surface area contributed by atoms with Crippen molar-refractivity contribution in [1.82, 2.24) is 15.5 Å². The van der Waals surface area contributed by atoms with E-state index in [4.69, 9.17) is 0 Å². The first-order chi connectivity index (χ1) is 6.67. The molecule has 2 aliphatic rings. The van der Waals surface area contributed by atoms with Crippen LogP contribution in [-0.2, 0) is 9.84 Å². The number of hydrogen-bond donors (Lipinski definition) is 2. The van der Waals surface area contributed by atoms with Gasteiger partial charge in [0.15, 0.2) is 9.84 Å². The summed E-state index contributed by atoms with van der Waals surface area (Å²) < 4.78 is 22.4. The average molecular weight is 219 g/mol. The van der Waals surface area contributed by atoms with Gasteiger partial charge in [-0.1, -0.05) is 0 Å². The fraction of sp³-hybridized carbons (Fsp3) is 1.00. The van der Waals surface area contributed by atoms with Gasteiger partial charge in [-0.25, -0.2) is 8.42 Å². The van der Waals surface area contributed by atoms with E-state index < -0.39 is 9.84 Å². The molecular weight excluding hydrogens is 202 g/mol. The quantitative estimate of drug-likeness (QED) is 0.547. The highest BCUT2D eigenvalue weighted by Crippen LogP contribution is 2.07. The average Bonchev–Trinajstić information content (AvgIpc) is 2.19. The Labute approximate surface area is 84.8 Å². The van der Waals surface area contributed by atoms with Crippen LogP contribution in [0.5, 0.6) is 0 Å². The highest BCUT2D eigenvalue weighted by Gasteiger charge is 2.27. The molecule has 0 aliphatic carbocycles. The third kappa shape index (κ3) is 2.44. The molecule has 0 spiro atoms. The highest BCUT2D eigenvalue weighted by atomic mass is 32.2. The summed E-state index contributed by atoms with van der Waals surface area (Å²) in [4.78, 5) is 2.22. The highest BCUT2D eigenvalue weighted by molar-refractivity contribution is 7.91. The van der Waals surface area contributed by atoms with E-state index in [0.29, 0.717) is 30.8 Å². The van der Waals surface area contributed by atoms with Crippen molar-refractivity contribution in [3.8, 4) is 0 Å². The first-order valence-electron chi connectivity index (χ1n) is 5.06. The van der Waals surface area contributed by atoms with Crippen LogP contribution in [-0.4, -0.2) is 63.7 Å². The topological polar surface area (TPSA) is 61.4 Å². The number of piperazine rings is 1. The minimum absolute atomic E-state index is 0.311. The Bertz CT molecular complexity index is 271. The smallest absolute Gasteiger partial charge is 0.152 e. The Kier molecular flexibility index (Phi) is 3.06. The van der Waals surface area contributed by atoms with Crippen LogP contribution in [0.4, 0.5) is 0 Å². The summed E-state index contributed by atoms with van der Waals surface area (Å²) in [6, 6.07) is 0. The molecule has 0 saturated carbocycles. The second-order valence-electron chi connectivity index (χ2n) is 3.86. The van der Waals surface area contributed by atoms with Gasteiger partial charge in [-0.2, -0.15) is 0 Å². The first-order valence-corrected chi connectivity index (χ1v) is 6.88. The van der Waals surface area contributed by atoms with Gasteiger partial charge in [0, 0.05) is 32.7 Å². The molecule has 0 aromatic rings. The fourth-order valence-electron chi connectivity index (χ4n) is 1.93. The fourth-order valence-corrected chi connectivity index (χ4v) is 3.16. The van der Waals surface area contributed by atoms with E-state index in [-0.39, 0.29) is 0 Å². The lowest BCUT2D eigenvalue weighted by atomic mass is 10.3. The van der Waals surface area contributed by atoms with Crippen molar-refractivity contribution in [3.05, 3.63) is 0 Å². The maximum Gasteiger partial charge on any atom is 0.152 e. The van der Waals surface area contributed by atoms with Crippen LogP contribution in [0.3, 0.4) is 0 Å². The lowest BCUT2D eigenvalue weighted by Crippen LogP contribution is -2.60. The zero-order valence-electron chi connectivity index (χ0n) is 8.20. The van der Waals surface area contributed by atoms with Crippen LogP contribution in [0.1, 0.15) is 0 Å². The molecule has 0 radical (unpaired) electrons. The van der Waals surface area contributed by atoms with E-state index in [1.54, 1.807) is 0 Å². The van der Waals surface area contributed by atoms with Crippen molar-refractivity contribution >= 4 is 9.84 Å². The van der Waals surface area contributed by atoms with Crippen LogP contribution in [0.25, 0.3) is 0 Å². The van der Waals surface area contributed by atoms with Gasteiger partial charge in [-0.05, 0) is 0 Å². The number of nitrogens with one attached hydrogen (secondary N) is 2. The third-order valence-electron chi connectivity index (χ3n) is 2.84. The van der Waals surface area contributed by atoms with E-state index in [1.807, 2.05) is 0 Å². The van der Waals surface area contributed by atoms with Gasteiger partial charge in [0.05, 0.1) is 17.7 Å². The Hall–Kier alpha value is -0.170. The van der Waals surface area contributed by atoms with Crippen LogP contribution >= 0.6 is 0 Å². The van der Waals surface area contributed by atoms with Gasteiger partial charge in [-0.3, -0.25) is 10.2 Å². The Balaban J connectivity index is 1.88. The van der Waals surface area contributed by atoms with Crippen molar-refractivity contribution in [2.75, 3.05) is 44.2 Å². The monoisotopic (exact) mass is 219 g/mol. The molecule has 2 saturated heterocycles. The van der Waals surface area contributed by atoms with Crippen LogP contribution in [0, 0.1) is 0 Å².